The molecule has 22 heavy (non-hydrogen) atoms. The van der Waals surface area contributed by atoms with Gasteiger partial charge in [-0.05, 0) is 30.9 Å². The normalized spacial score (nSPS) is 21.1. The number of nitrogens with one attached hydrogen (secondary N) is 1. The molecule has 0 bridgehead atoms. The lowest BCUT2D eigenvalue weighted by atomic mass is 9.83. The third-order valence-electron chi connectivity index (χ3n) is 3.91. The van der Waals surface area contributed by atoms with Gasteiger partial charge in [-0.2, -0.15) is 0 Å². The van der Waals surface area contributed by atoms with Crippen LogP contribution in [0, 0.1) is 5.92 Å². The van der Waals surface area contributed by atoms with Gasteiger partial charge in [-0.3, -0.25) is 9.59 Å². The van der Waals surface area contributed by atoms with Crippen LogP contribution in [0.25, 0.3) is 0 Å². The number of anilines is 1. The highest BCUT2D eigenvalue weighted by Gasteiger charge is 2.24. The van der Waals surface area contributed by atoms with Gasteiger partial charge in [0.05, 0.1) is 0 Å². The maximum Gasteiger partial charge on any atom is 0.255 e. The predicted octanol–water partition coefficient (Wildman–Crippen LogP) is 1.40. The van der Waals surface area contributed by atoms with Crippen molar-refractivity contribution >= 4 is 17.5 Å². The Labute approximate surface area is 130 Å². The minimum atomic E-state index is -0.541. The molecule has 2 rings (SSSR count). The first kappa shape index (κ1) is 16.3. The van der Waals surface area contributed by atoms with E-state index >= 15 is 0 Å². The summed E-state index contributed by atoms with van der Waals surface area (Å²) >= 11 is 0. The Morgan fingerprint density at radius 3 is 2.77 bits per heavy atom. The van der Waals surface area contributed by atoms with Gasteiger partial charge in [0.2, 0.25) is 5.91 Å². The SMILES string of the molecule is NC(=O)COc1cccc(NC(=O)CC2CCCCC2N)c1. The molecular weight excluding hydrogens is 282 g/mol. The second-order valence-electron chi connectivity index (χ2n) is 5.74. The fraction of sp³-hybridized carbons (Fsp3) is 0.500. The van der Waals surface area contributed by atoms with Crippen molar-refractivity contribution < 1.29 is 14.3 Å². The molecule has 2 atom stereocenters. The van der Waals surface area contributed by atoms with Crippen molar-refractivity contribution in [2.45, 2.75) is 38.1 Å². The van der Waals surface area contributed by atoms with Gasteiger partial charge in [0, 0.05) is 24.2 Å². The Hall–Kier alpha value is -2.08. The maximum absolute atomic E-state index is 12.1. The molecule has 120 valence electrons. The monoisotopic (exact) mass is 305 g/mol. The average molecular weight is 305 g/mol. The highest BCUT2D eigenvalue weighted by molar-refractivity contribution is 5.91. The number of carbonyl (C=O) groups is 2. The van der Waals surface area contributed by atoms with E-state index < -0.39 is 5.91 Å². The molecule has 0 aliphatic heterocycles. The molecule has 2 unspecified atom stereocenters. The van der Waals surface area contributed by atoms with E-state index in [0.717, 1.165) is 25.7 Å². The van der Waals surface area contributed by atoms with Crippen molar-refractivity contribution in [3.8, 4) is 5.75 Å². The number of ether oxygens (including phenoxy) is 1. The maximum atomic E-state index is 12.1. The molecule has 1 aromatic rings. The topological polar surface area (TPSA) is 107 Å². The first-order chi connectivity index (χ1) is 10.5. The summed E-state index contributed by atoms with van der Waals surface area (Å²) in [4.78, 5) is 22.8. The molecule has 0 radical (unpaired) electrons. The van der Waals surface area contributed by atoms with Crippen LogP contribution >= 0.6 is 0 Å². The summed E-state index contributed by atoms with van der Waals surface area (Å²) in [6.07, 6.45) is 4.74. The number of hydrogen-bond acceptors (Lipinski definition) is 4. The van der Waals surface area contributed by atoms with Gasteiger partial charge in [-0.15, -0.1) is 0 Å². The van der Waals surface area contributed by atoms with Crippen molar-refractivity contribution in [2.75, 3.05) is 11.9 Å². The highest BCUT2D eigenvalue weighted by Crippen LogP contribution is 2.26. The lowest BCUT2D eigenvalue weighted by Crippen LogP contribution is -2.35. The van der Waals surface area contributed by atoms with Crippen LogP contribution in [0.15, 0.2) is 24.3 Å². The smallest absolute Gasteiger partial charge is 0.255 e. The minimum absolute atomic E-state index is 0.0469. The van der Waals surface area contributed by atoms with Gasteiger partial charge in [0.25, 0.3) is 5.91 Å². The van der Waals surface area contributed by atoms with E-state index in [1.165, 1.54) is 0 Å². The van der Waals surface area contributed by atoms with Crippen LogP contribution in [0.5, 0.6) is 5.75 Å². The minimum Gasteiger partial charge on any atom is -0.484 e. The third-order valence-corrected chi connectivity index (χ3v) is 3.91. The average Bonchev–Trinajstić information content (AvgIpc) is 2.48. The third kappa shape index (κ3) is 5.04. The fourth-order valence-electron chi connectivity index (χ4n) is 2.76. The molecule has 6 heteroatoms. The number of amides is 2. The van der Waals surface area contributed by atoms with Gasteiger partial charge in [-0.1, -0.05) is 18.9 Å². The molecule has 1 aliphatic rings. The van der Waals surface area contributed by atoms with Gasteiger partial charge in [0.1, 0.15) is 5.75 Å². The number of hydrogen-bond donors (Lipinski definition) is 3. The summed E-state index contributed by atoms with van der Waals surface area (Å²) in [5, 5.41) is 2.85. The van der Waals surface area contributed by atoms with Crippen molar-refractivity contribution in [1.82, 2.24) is 0 Å². The molecule has 1 aromatic carbocycles. The Morgan fingerprint density at radius 2 is 2.05 bits per heavy atom. The van der Waals surface area contributed by atoms with Crippen LogP contribution in [0.4, 0.5) is 5.69 Å². The van der Waals surface area contributed by atoms with E-state index in [1.54, 1.807) is 24.3 Å². The summed E-state index contributed by atoms with van der Waals surface area (Å²) < 4.78 is 5.21. The Balaban J connectivity index is 1.88. The van der Waals surface area contributed by atoms with E-state index in [2.05, 4.69) is 5.32 Å². The van der Waals surface area contributed by atoms with Crippen LogP contribution in [-0.4, -0.2) is 24.5 Å². The lowest BCUT2D eigenvalue weighted by molar-refractivity contribution is -0.120. The van der Waals surface area contributed by atoms with Crippen molar-refractivity contribution in [1.29, 1.82) is 0 Å². The first-order valence-electron chi connectivity index (χ1n) is 7.61. The van der Waals surface area contributed by atoms with Gasteiger partial charge in [0.15, 0.2) is 6.61 Å². The van der Waals surface area contributed by atoms with Gasteiger partial charge in [-0.25, -0.2) is 0 Å². The summed E-state index contributed by atoms with van der Waals surface area (Å²) in [5.74, 6) is 0.157. The quantitative estimate of drug-likeness (QED) is 0.738. The second-order valence-corrected chi connectivity index (χ2v) is 5.74. The van der Waals surface area contributed by atoms with Crippen LogP contribution in [0.2, 0.25) is 0 Å². The molecule has 5 N–H and O–H groups in total. The Morgan fingerprint density at radius 1 is 1.27 bits per heavy atom. The van der Waals surface area contributed by atoms with E-state index in [4.69, 9.17) is 16.2 Å². The van der Waals surface area contributed by atoms with Crippen LogP contribution in [-0.2, 0) is 9.59 Å². The van der Waals surface area contributed by atoms with Crippen molar-refractivity contribution in [3.05, 3.63) is 24.3 Å². The summed E-state index contributed by atoms with van der Waals surface area (Å²) in [5.41, 5.74) is 11.7. The van der Waals surface area contributed by atoms with E-state index in [9.17, 15) is 9.59 Å². The molecule has 0 aromatic heterocycles. The molecule has 0 saturated heterocycles. The Kier molecular flexibility index (Phi) is 5.77. The number of primary amides is 1. The largest absolute Gasteiger partial charge is 0.484 e. The van der Waals surface area contributed by atoms with Crippen molar-refractivity contribution in [3.63, 3.8) is 0 Å². The fourth-order valence-corrected chi connectivity index (χ4v) is 2.76. The van der Waals surface area contributed by atoms with E-state index in [0.29, 0.717) is 17.9 Å². The zero-order chi connectivity index (χ0) is 15.9. The van der Waals surface area contributed by atoms with Gasteiger partial charge >= 0.3 is 0 Å². The van der Waals surface area contributed by atoms with Crippen molar-refractivity contribution in [2.24, 2.45) is 17.4 Å². The number of rotatable bonds is 6. The molecule has 2 amide bonds. The van der Waals surface area contributed by atoms with Crippen LogP contribution in [0.3, 0.4) is 0 Å². The molecule has 1 saturated carbocycles. The number of benzene rings is 1. The summed E-state index contributed by atoms with van der Waals surface area (Å²) in [6, 6.07) is 7.01. The van der Waals surface area contributed by atoms with Crippen LogP contribution < -0.4 is 21.5 Å². The summed E-state index contributed by atoms with van der Waals surface area (Å²) in [7, 11) is 0. The summed E-state index contributed by atoms with van der Waals surface area (Å²) in [6.45, 7) is -0.186. The van der Waals surface area contributed by atoms with Gasteiger partial charge < -0.3 is 21.5 Å². The number of nitrogens with two attached hydrogens (primary N) is 2. The molecule has 1 aliphatic carbocycles. The predicted molar refractivity (Wildman–Crippen MR) is 84.3 cm³/mol. The van der Waals surface area contributed by atoms with Crippen LogP contribution in [0.1, 0.15) is 32.1 Å². The molecule has 0 spiro atoms. The second kappa shape index (κ2) is 7.79. The number of carbonyl (C=O) groups excluding carboxylic acids is 2. The molecular formula is C16H23N3O3. The molecule has 0 heterocycles. The standard InChI is InChI=1S/C16H23N3O3/c17-14-7-2-1-4-11(14)8-16(21)19-12-5-3-6-13(9-12)22-10-15(18)20/h3,5-6,9,11,14H,1-2,4,7-8,10,17H2,(H2,18,20)(H,19,21). The molecule has 6 nitrogen and oxygen atoms in total. The lowest BCUT2D eigenvalue weighted by Gasteiger charge is -2.27. The molecule has 1 fully saturated rings. The first-order valence-corrected chi connectivity index (χ1v) is 7.61. The zero-order valence-corrected chi connectivity index (χ0v) is 12.6. The van der Waals surface area contributed by atoms with E-state index in [1.807, 2.05) is 0 Å². The Bertz CT molecular complexity index is 533. The van der Waals surface area contributed by atoms with E-state index in [-0.39, 0.29) is 24.5 Å². The zero-order valence-electron chi connectivity index (χ0n) is 12.6. The highest BCUT2D eigenvalue weighted by atomic mass is 16.5.